The first-order valence-electron chi connectivity index (χ1n) is 6.73. The summed E-state index contributed by atoms with van der Waals surface area (Å²) in [6.07, 6.45) is 1.53. The number of hydrogen-bond donors (Lipinski definition) is 2. The van der Waals surface area contributed by atoms with Crippen LogP contribution in [-0.4, -0.2) is 18.0 Å². The smallest absolute Gasteiger partial charge is 0.317 e. The van der Waals surface area contributed by atoms with E-state index in [-0.39, 0.29) is 0 Å². The Morgan fingerprint density at radius 1 is 1.09 bits per heavy atom. The number of rotatable bonds is 3. The van der Waals surface area contributed by atoms with Gasteiger partial charge >= 0.3 is 11.8 Å². The molecule has 2 N–H and O–H groups in total. The molecule has 2 aromatic rings. The maximum atomic E-state index is 11.8. The van der Waals surface area contributed by atoms with Gasteiger partial charge in [0.1, 0.15) is 0 Å². The first-order chi connectivity index (χ1) is 10.5. The highest BCUT2D eigenvalue weighted by molar-refractivity contribution is 7.11. The van der Waals surface area contributed by atoms with E-state index in [0.29, 0.717) is 5.69 Å². The lowest BCUT2D eigenvalue weighted by Crippen LogP contribution is -2.32. The summed E-state index contributed by atoms with van der Waals surface area (Å²) in [4.78, 5) is 24.5. The maximum absolute atomic E-state index is 11.8. The highest BCUT2D eigenvalue weighted by Crippen LogP contribution is 2.16. The van der Waals surface area contributed by atoms with Gasteiger partial charge in [0.05, 0.1) is 6.21 Å². The van der Waals surface area contributed by atoms with Crippen molar-refractivity contribution in [2.24, 2.45) is 5.10 Å². The van der Waals surface area contributed by atoms with Crippen LogP contribution in [0.1, 0.15) is 21.6 Å². The third kappa shape index (κ3) is 4.02. The van der Waals surface area contributed by atoms with Gasteiger partial charge in [0.25, 0.3) is 0 Å². The first kappa shape index (κ1) is 15.9. The summed E-state index contributed by atoms with van der Waals surface area (Å²) in [5, 5.41) is 8.32. The van der Waals surface area contributed by atoms with Crippen LogP contribution in [0.5, 0.6) is 0 Å². The molecule has 2 amide bonds. The molecule has 2 rings (SSSR count). The number of carbonyl (C=O) groups is 2. The van der Waals surface area contributed by atoms with Crippen LogP contribution in [-0.2, 0) is 9.59 Å². The lowest BCUT2D eigenvalue weighted by molar-refractivity contribution is -0.136. The van der Waals surface area contributed by atoms with Crippen molar-refractivity contribution in [3.05, 3.63) is 51.2 Å². The third-order valence-electron chi connectivity index (χ3n) is 3.10. The summed E-state index contributed by atoms with van der Waals surface area (Å²) in [7, 11) is 0. The molecule has 6 heteroatoms. The molecule has 22 heavy (non-hydrogen) atoms. The van der Waals surface area contributed by atoms with Crippen molar-refractivity contribution in [2.75, 3.05) is 5.32 Å². The minimum Gasteiger partial charge on any atom is -0.317 e. The van der Waals surface area contributed by atoms with Crippen LogP contribution < -0.4 is 10.7 Å². The lowest BCUT2D eigenvalue weighted by Gasteiger charge is -2.08. The molecule has 1 heterocycles. The predicted molar refractivity (Wildman–Crippen MR) is 89.3 cm³/mol. The summed E-state index contributed by atoms with van der Waals surface area (Å²) in [5.74, 6) is -1.54. The molecule has 0 fully saturated rings. The van der Waals surface area contributed by atoms with Crippen LogP contribution >= 0.6 is 11.3 Å². The zero-order chi connectivity index (χ0) is 16.1. The molecule has 0 atom stereocenters. The van der Waals surface area contributed by atoms with E-state index in [2.05, 4.69) is 15.8 Å². The Hall–Kier alpha value is -2.47. The van der Waals surface area contributed by atoms with Crippen molar-refractivity contribution in [3.63, 3.8) is 0 Å². The van der Waals surface area contributed by atoms with Crippen molar-refractivity contribution >= 4 is 35.1 Å². The van der Waals surface area contributed by atoms with Gasteiger partial charge in [-0.3, -0.25) is 9.59 Å². The van der Waals surface area contributed by atoms with E-state index in [0.717, 1.165) is 21.6 Å². The summed E-state index contributed by atoms with van der Waals surface area (Å²) in [5.41, 5.74) is 5.82. The fraction of sp³-hybridized carbons (Fsp3) is 0.188. The molecule has 0 aliphatic heterocycles. The first-order valence-corrected chi connectivity index (χ1v) is 7.61. The van der Waals surface area contributed by atoms with Crippen molar-refractivity contribution < 1.29 is 9.59 Å². The van der Waals surface area contributed by atoms with Gasteiger partial charge < -0.3 is 5.32 Å². The molecule has 0 spiro atoms. The molecule has 0 aliphatic rings. The van der Waals surface area contributed by atoms with E-state index in [1.165, 1.54) is 17.6 Å². The summed E-state index contributed by atoms with van der Waals surface area (Å²) >= 11 is 1.51. The van der Waals surface area contributed by atoms with Crippen molar-refractivity contribution in [2.45, 2.75) is 20.8 Å². The van der Waals surface area contributed by atoms with Crippen molar-refractivity contribution in [3.8, 4) is 0 Å². The second kappa shape index (κ2) is 7.00. The molecule has 5 nitrogen and oxygen atoms in total. The van der Waals surface area contributed by atoms with Gasteiger partial charge in [-0.2, -0.15) is 5.10 Å². The van der Waals surface area contributed by atoms with Gasteiger partial charge in [-0.15, -0.1) is 11.3 Å². The summed E-state index contributed by atoms with van der Waals surface area (Å²) < 4.78 is 0. The van der Waals surface area contributed by atoms with E-state index in [4.69, 9.17) is 0 Å². The molecule has 0 radical (unpaired) electrons. The second-order valence-electron chi connectivity index (χ2n) is 4.94. The van der Waals surface area contributed by atoms with Crippen molar-refractivity contribution in [1.29, 1.82) is 0 Å². The lowest BCUT2D eigenvalue weighted by atomic mass is 10.1. The Balaban J connectivity index is 1.95. The number of anilines is 1. The Bertz CT molecular complexity index is 735. The standard InChI is InChI=1S/C16H17N3O2S/c1-10-4-5-11(2)13(8-10)18-15(20)16(21)19-17-9-14-12(3)6-7-22-14/h4-9H,1-3H3,(H,18,20)(H,19,21). The molecule has 0 saturated heterocycles. The zero-order valence-electron chi connectivity index (χ0n) is 12.6. The number of benzene rings is 1. The Labute approximate surface area is 133 Å². The van der Waals surface area contributed by atoms with Gasteiger partial charge in [-0.25, -0.2) is 5.43 Å². The minimum atomic E-state index is -0.800. The fourth-order valence-corrected chi connectivity index (χ4v) is 2.55. The minimum absolute atomic E-state index is 0.623. The van der Waals surface area contributed by atoms with Crippen LogP contribution in [0.25, 0.3) is 0 Å². The van der Waals surface area contributed by atoms with Gasteiger partial charge in [0, 0.05) is 10.6 Å². The molecule has 0 bridgehead atoms. The number of amides is 2. The molecule has 0 unspecified atom stereocenters. The van der Waals surface area contributed by atoms with Gasteiger partial charge in [0.2, 0.25) is 0 Å². The number of aryl methyl sites for hydroxylation is 3. The predicted octanol–water partition coefficient (Wildman–Crippen LogP) is 2.76. The highest BCUT2D eigenvalue weighted by Gasteiger charge is 2.14. The topological polar surface area (TPSA) is 70.6 Å². The fourth-order valence-electron chi connectivity index (χ4n) is 1.77. The molecule has 0 saturated carbocycles. The van der Waals surface area contributed by atoms with Crippen LogP contribution in [0, 0.1) is 20.8 Å². The number of nitrogens with zero attached hydrogens (tertiary/aromatic N) is 1. The van der Waals surface area contributed by atoms with Crippen LogP contribution in [0.3, 0.4) is 0 Å². The zero-order valence-corrected chi connectivity index (χ0v) is 13.5. The van der Waals surface area contributed by atoms with Gasteiger partial charge in [-0.05, 0) is 55.0 Å². The SMILES string of the molecule is Cc1ccc(C)c(NC(=O)C(=O)NN=Cc2sccc2C)c1. The number of carbonyl (C=O) groups excluding carboxylic acids is 2. The Kier molecular flexibility index (Phi) is 5.06. The maximum Gasteiger partial charge on any atom is 0.329 e. The Morgan fingerprint density at radius 2 is 1.86 bits per heavy atom. The molecular formula is C16H17N3O2S. The van der Waals surface area contributed by atoms with Crippen LogP contribution in [0.2, 0.25) is 0 Å². The molecular weight excluding hydrogens is 298 g/mol. The molecule has 1 aromatic carbocycles. The molecule has 114 valence electrons. The molecule has 1 aromatic heterocycles. The number of hydrogen-bond acceptors (Lipinski definition) is 4. The van der Waals surface area contributed by atoms with Gasteiger partial charge in [-0.1, -0.05) is 12.1 Å². The quantitative estimate of drug-likeness (QED) is 0.519. The Morgan fingerprint density at radius 3 is 2.55 bits per heavy atom. The van der Waals surface area contributed by atoms with Crippen molar-refractivity contribution in [1.82, 2.24) is 5.43 Å². The normalized spacial score (nSPS) is 10.7. The van der Waals surface area contributed by atoms with E-state index in [1.807, 2.05) is 50.4 Å². The monoisotopic (exact) mass is 315 g/mol. The second-order valence-corrected chi connectivity index (χ2v) is 5.89. The number of hydrazone groups is 1. The van der Waals surface area contributed by atoms with E-state index < -0.39 is 11.8 Å². The van der Waals surface area contributed by atoms with Crippen LogP contribution in [0.15, 0.2) is 34.7 Å². The number of thiophene rings is 1. The van der Waals surface area contributed by atoms with Gasteiger partial charge in [0.15, 0.2) is 0 Å². The third-order valence-corrected chi connectivity index (χ3v) is 4.05. The number of nitrogens with one attached hydrogen (secondary N) is 2. The van der Waals surface area contributed by atoms with E-state index in [1.54, 1.807) is 0 Å². The summed E-state index contributed by atoms with van der Waals surface area (Å²) in [6.45, 7) is 5.74. The average molecular weight is 315 g/mol. The summed E-state index contributed by atoms with van der Waals surface area (Å²) in [6, 6.07) is 7.61. The molecule has 0 aliphatic carbocycles. The van der Waals surface area contributed by atoms with E-state index >= 15 is 0 Å². The average Bonchev–Trinajstić information content (AvgIpc) is 2.88. The highest BCUT2D eigenvalue weighted by atomic mass is 32.1. The van der Waals surface area contributed by atoms with Crippen LogP contribution in [0.4, 0.5) is 5.69 Å². The van der Waals surface area contributed by atoms with E-state index in [9.17, 15) is 9.59 Å². The largest absolute Gasteiger partial charge is 0.329 e.